The Kier molecular flexibility index (Phi) is 5.06. The molecule has 2 N–H and O–H groups in total. The van der Waals surface area contributed by atoms with Gasteiger partial charge in [0.1, 0.15) is 5.76 Å². The number of furan rings is 1. The van der Waals surface area contributed by atoms with Crippen molar-refractivity contribution in [2.45, 2.75) is 11.6 Å². The van der Waals surface area contributed by atoms with Gasteiger partial charge in [-0.3, -0.25) is 4.72 Å². The fourth-order valence-corrected chi connectivity index (χ4v) is 3.24. The predicted molar refractivity (Wildman–Crippen MR) is 83.8 cm³/mol. The average molecular weight is 370 g/mol. The van der Waals surface area contributed by atoms with Crippen molar-refractivity contribution in [1.82, 2.24) is 5.32 Å². The quantitative estimate of drug-likeness (QED) is 0.787. The van der Waals surface area contributed by atoms with Crippen LogP contribution < -0.4 is 10.0 Å². The van der Waals surface area contributed by atoms with E-state index < -0.39 is 10.0 Å². The molecule has 0 radical (unpaired) electrons. The minimum atomic E-state index is -3.89. The number of anilines is 1. The lowest BCUT2D eigenvalue weighted by molar-refractivity contribution is 0.408. The van der Waals surface area contributed by atoms with Crippen LogP contribution in [-0.2, 0) is 16.6 Å². The first-order valence-corrected chi connectivity index (χ1v) is 8.36. The zero-order valence-electron chi connectivity index (χ0n) is 10.8. The molecule has 0 unspecified atom stereocenters. The molecule has 0 aliphatic heterocycles. The molecule has 21 heavy (non-hydrogen) atoms. The maximum Gasteiger partial charge on any atom is 0.295 e. The van der Waals surface area contributed by atoms with E-state index in [0.717, 1.165) is 0 Å². The normalized spacial score (nSPS) is 11.6. The second-order valence-electron chi connectivity index (χ2n) is 4.10. The van der Waals surface area contributed by atoms with Gasteiger partial charge in [0.15, 0.2) is 0 Å². The molecule has 0 bridgehead atoms. The van der Waals surface area contributed by atoms with Crippen molar-refractivity contribution in [1.29, 1.82) is 0 Å². The largest absolute Gasteiger partial charge is 0.446 e. The van der Waals surface area contributed by atoms with E-state index in [1.165, 1.54) is 18.2 Å². The van der Waals surface area contributed by atoms with Gasteiger partial charge in [-0.15, -0.1) is 0 Å². The van der Waals surface area contributed by atoms with Gasteiger partial charge < -0.3 is 9.73 Å². The third-order valence-electron chi connectivity index (χ3n) is 2.51. The number of nitrogens with one attached hydrogen (secondary N) is 2. The molecule has 2 aromatic rings. The fraction of sp³-hybridized carbons (Fsp3) is 0.167. The van der Waals surface area contributed by atoms with Gasteiger partial charge in [0.05, 0.1) is 27.3 Å². The minimum absolute atomic E-state index is 0.123. The summed E-state index contributed by atoms with van der Waals surface area (Å²) in [5.41, 5.74) is 0.123. The summed E-state index contributed by atoms with van der Waals surface area (Å²) in [6.07, 6.45) is 0. The summed E-state index contributed by atoms with van der Waals surface area (Å²) in [6, 6.07) is 5.63. The van der Waals surface area contributed by atoms with Gasteiger partial charge in [-0.2, -0.15) is 8.42 Å². The van der Waals surface area contributed by atoms with Crippen molar-refractivity contribution in [2.24, 2.45) is 0 Å². The Balaban J connectivity index is 2.30. The molecule has 5 nitrogen and oxygen atoms in total. The average Bonchev–Trinajstić information content (AvgIpc) is 2.86. The molecule has 9 heteroatoms. The maximum absolute atomic E-state index is 12.2. The molecule has 2 rings (SSSR count). The van der Waals surface area contributed by atoms with Crippen LogP contribution in [0.3, 0.4) is 0 Å². The molecule has 0 fully saturated rings. The van der Waals surface area contributed by atoms with E-state index >= 15 is 0 Å². The first-order chi connectivity index (χ1) is 9.83. The van der Waals surface area contributed by atoms with Crippen molar-refractivity contribution in [3.8, 4) is 0 Å². The van der Waals surface area contributed by atoms with Crippen LogP contribution in [0.4, 0.5) is 5.69 Å². The first kappa shape index (κ1) is 16.5. The predicted octanol–water partition coefficient (Wildman–Crippen LogP) is 3.76. The summed E-state index contributed by atoms with van der Waals surface area (Å²) >= 11 is 17.6. The third kappa shape index (κ3) is 3.84. The van der Waals surface area contributed by atoms with Crippen LogP contribution in [0, 0.1) is 0 Å². The molecule has 0 saturated carbocycles. The van der Waals surface area contributed by atoms with Crippen molar-refractivity contribution in [2.75, 3.05) is 11.8 Å². The van der Waals surface area contributed by atoms with E-state index in [1.807, 2.05) is 0 Å². The van der Waals surface area contributed by atoms with Gasteiger partial charge in [-0.05, 0) is 31.3 Å². The molecule has 1 heterocycles. The van der Waals surface area contributed by atoms with Crippen molar-refractivity contribution in [3.05, 3.63) is 45.1 Å². The standard InChI is InChI=1S/C12H11Cl3N2O3S/c1-16-6-7-2-3-12(20-7)21(18,19)17-11-5-9(14)8(13)4-10(11)15/h2-5,16-17H,6H2,1H3. The number of hydrogen-bond donors (Lipinski definition) is 2. The first-order valence-electron chi connectivity index (χ1n) is 5.74. The summed E-state index contributed by atoms with van der Waals surface area (Å²) in [4.78, 5) is 0. The van der Waals surface area contributed by atoms with Crippen LogP contribution in [-0.4, -0.2) is 15.5 Å². The Bertz CT molecular complexity index is 759. The Morgan fingerprint density at radius 2 is 1.76 bits per heavy atom. The van der Waals surface area contributed by atoms with Crippen molar-refractivity contribution in [3.63, 3.8) is 0 Å². The van der Waals surface area contributed by atoms with Gasteiger partial charge in [-0.1, -0.05) is 34.8 Å². The Hall–Kier alpha value is -0.920. The van der Waals surface area contributed by atoms with Gasteiger partial charge in [0, 0.05) is 0 Å². The van der Waals surface area contributed by atoms with Gasteiger partial charge in [0.2, 0.25) is 5.09 Å². The summed E-state index contributed by atoms with van der Waals surface area (Å²) in [6.45, 7) is 0.420. The number of hydrogen-bond acceptors (Lipinski definition) is 4. The summed E-state index contributed by atoms with van der Waals surface area (Å²) in [5, 5.41) is 3.20. The maximum atomic E-state index is 12.2. The van der Waals surface area contributed by atoms with Crippen LogP contribution in [0.5, 0.6) is 0 Å². The lowest BCUT2D eigenvalue weighted by Gasteiger charge is -2.09. The van der Waals surface area contributed by atoms with Crippen LogP contribution in [0.1, 0.15) is 5.76 Å². The van der Waals surface area contributed by atoms with Crippen molar-refractivity contribution < 1.29 is 12.8 Å². The second-order valence-corrected chi connectivity index (χ2v) is 6.94. The molecule has 0 amide bonds. The number of halogens is 3. The van der Waals surface area contributed by atoms with Crippen molar-refractivity contribution >= 4 is 50.5 Å². The molecular formula is C12H11Cl3N2O3S. The van der Waals surface area contributed by atoms with E-state index in [1.54, 1.807) is 13.1 Å². The van der Waals surface area contributed by atoms with E-state index in [9.17, 15) is 8.42 Å². The van der Waals surface area contributed by atoms with Crippen LogP contribution >= 0.6 is 34.8 Å². The van der Waals surface area contributed by atoms with Gasteiger partial charge in [-0.25, -0.2) is 0 Å². The van der Waals surface area contributed by atoms with Gasteiger partial charge in [0.25, 0.3) is 10.0 Å². The van der Waals surface area contributed by atoms with Crippen LogP contribution in [0.25, 0.3) is 0 Å². The molecule has 0 spiro atoms. The van der Waals surface area contributed by atoms with Crippen LogP contribution in [0.2, 0.25) is 15.1 Å². The minimum Gasteiger partial charge on any atom is -0.446 e. The highest BCUT2D eigenvalue weighted by atomic mass is 35.5. The Morgan fingerprint density at radius 3 is 2.43 bits per heavy atom. The smallest absolute Gasteiger partial charge is 0.295 e. The molecular weight excluding hydrogens is 359 g/mol. The molecule has 1 aromatic heterocycles. The topological polar surface area (TPSA) is 71.3 Å². The highest BCUT2D eigenvalue weighted by Crippen LogP contribution is 2.33. The van der Waals surface area contributed by atoms with Gasteiger partial charge >= 0.3 is 0 Å². The molecule has 1 aromatic carbocycles. The Labute approximate surface area is 137 Å². The summed E-state index contributed by atoms with van der Waals surface area (Å²) in [7, 11) is -2.17. The van der Waals surface area contributed by atoms with E-state index in [0.29, 0.717) is 12.3 Å². The molecule has 0 aliphatic carbocycles. The number of rotatable bonds is 5. The number of sulfonamides is 1. The molecule has 0 atom stereocenters. The van der Waals surface area contributed by atoms with E-state index in [4.69, 9.17) is 39.2 Å². The zero-order valence-corrected chi connectivity index (χ0v) is 13.9. The summed E-state index contributed by atoms with van der Waals surface area (Å²) < 4.78 is 32.0. The fourth-order valence-electron chi connectivity index (χ4n) is 1.57. The number of benzene rings is 1. The molecule has 0 saturated heterocycles. The molecule has 114 valence electrons. The highest BCUT2D eigenvalue weighted by molar-refractivity contribution is 7.92. The molecule has 0 aliphatic rings. The summed E-state index contributed by atoms with van der Waals surface area (Å²) in [5.74, 6) is 0.498. The Morgan fingerprint density at radius 1 is 1.10 bits per heavy atom. The second kappa shape index (κ2) is 6.46. The van der Waals surface area contributed by atoms with Crippen LogP contribution in [0.15, 0.2) is 33.8 Å². The van der Waals surface area contributed by atoms with E-state index in [-0.39, 0.29) is 25.8 Å². The van der Waals surface area contributed by atoms with E-state index in [2.05, 4.69) is 10.0 Å². The lowest BCUT2D eigenvalue weighted by atomic mass is 10.3. The monoisotopic (exact) mass is 368 g/mol. The highest BCUT2D eigenvalue weighted by Gasteiger charge is 2.20. The SMILES string of the molecule is CNCc1ccc(S(=O)(=O)Nc2cc(Cl)c(Cl)cc2Cl)o1. The third-order valence-corrected chi connectivity index (χ3v) is 4.78. The lowest BCUT2D eigenvalue weighted by Crippen LogP contribution is -2.12. The zero-order chi connectivity index (χ0) is 15.6.